The average Bonchev–Trinajstić information content (AvgIpc) is 3.14. The van der Waals surface area contributed by atoms with Gasteiger partial charge in [-0.15, -0.1) is 0 Å². The van der Waals surface area contributed by atoms with Crippen LogP contribution in [0.3, 0.4) is 0 Å². The molecule has 0 bridgehead atoms. The number of nitrogens with one attached hydrogen (secondary N) is 1. The summed E-state index contributed by atoms with van der Waals surface area (Å²) in [4.78, 5) is 10.6. The maximum absolute atomic E-state index is 13.4. The standard InChI is InChI=1S/C13H16FNO4S/c1-8-2-5-10(6-11(8)14)20(18,19)15-12(7-13(16)17)9-3-4-9/h2,5-6,9,12,15H,3-4,7H2,1H3,(H,16,17). The lowest BCUT2D eigenvalue weighted by Crippen LogP contribution is -2.38. The number of hydrogen-bond donors (Lipinski definition) is 2. The zero-order valence-electron chi connectivity index (χ0n) is 11.0. The van der Waals surface area contributed by atoms with E-state index in [0.29, 0.717) is 5.56 Å². The molecule has 1 aliphatic rings. The number of carbonyl (C=O) groups is 1. The molecule has 0 saturated heterocycles. The van der Waals surface area contributed by atoms with Crippen LogP contribution >= 0.6 is 0 Å². The molecule has 7 heteroatoms. The second kappa shape index (κ2) is 5.49. The van der Waals surface area contributed by atoms with Crippen molar-refractivity contribution >= 4 is 16.0 Å². The van der Waals surface area contributed by atoms with Gasteiger partial charge in [-0.3, -0.25) is 4.79 Å². The summed E-state index contributed by atoms with van der Waals surface area (Å²) in [5.74, 6) is -1.61. The van der Waals surface area contributed by atoms with Crippen molar-refractivity contribution in [2.75, 3.05) is 0 Å². The molecule has 1 atom stereocenters. The summed E-state index contributed by atoms with van der Waals surface area (Å²) in [5.41, 5.74) is 0.355. The fourth-order valence-electron chi connectivity index (χ4n) is 2.00. The maximum atomic E-state index is 13.4. The summed E-state index contributed by atoms with van der Waals surface area (Å²) in [6, 6.07) is 3.00. The molecule has 0 spiro atoms. The van der Waals surface area contributed by atoms with Gasteiger partial charge in [-0.05, 0) is 43.4 Å². The molecular weight excluding hydrogens is 285 g/mol. The molecule has 1 fully saturated rings. The third kappa shape index (κ3) is 3.55. The molecule has 1 unspecified atom stereocenters. The topological polar surface area (TPSA) is 83.5 Å². The molecule has 0 aromatic heterocycles. The maximum Gasteiger partial charge on any atom is 0.304 e. The van der Waals surface area contributed by atoms with Crippen LogP contribution in [-0.2, 0) is 14.8 Å². The van der Waals surface area contributed by atoms with Gasteiger partial charge in [-0.1, -0.05) is 6.07 Å². The van der Waals surface area contributed by atoms with Crippen molar-refractivity contribution in [3.8, 4) is 0 Å². The first-order valence-corrected chi connectivity index (χ1v) is 7.78. The molecule has 0 amide bonds. The van der Waals surface area contributed by atoms with Crippen LogP contribution in [0.2, 0.25) is 0 Å². The monoisotopic (exact) mass is 301 g/mol. The molecule has 1 saturated carbocycles. The first kappa shape index (κ1) is 14.9. The van der Waals surface area contributed by atoms with E-state index in [1.807, 2.05) is 0 Å². The van der Waals surface area contributed by atoms with Crippen LogP contribution in [-0.4, -0.2) is 25.5 Å². The third-order valence-corrected chi connectivity index (χ3v) is 4.83. The van der Waals surface area contributed by atoms with E-state index in [-0.39, 0.29) is 17.2 Å². The molecule has 5 nitrogen and oxygen atoms in total. The zero-order valence-corrected chi connectivity index (χ0v) is 11.8. The lowest BCUT2D eigenvalue weighted by molar-refractivity contribution is -0.137. The highest BCUT2D eigenvalue weighted by Crippen LogP contribution is 2.34. The van der Waals surface area contributed by atoms with Crippen molar-refractivity contribution in [2.45, 2.75) is 37.1 Å². The first-order valence-electron chi connectivity index (χ1n) is 6.30. The smallest absolute Gasteiger partial charge is 0.304 e. The van der Waals surface area contributed by atoms with Crippen LogP contribution in [0.1, 0.15) is 24.8 Å². The fourth-order valence-corrected chi connectivity index (χ4v) is 3.32. The molecule has 110 valence electrons. The molecule has 2 rings (SSSR count). The Morgan fingerprint density at radius 1 is 1.50 bits per heavy atom. The van der Waals surface area contributed by atoms with E-state index in [2.05, 4.69) is 4.72 Å². The van der Waals surface area contributed by atoms with Crippen LogP contribution in [0.5, 0.6) is 0 Å². The number of aryl methyl sites for hydroxylation is 1. The van der Waals surface area contributed by atoms with Gasteiger partial charge in [-0.25, -0.2) is 17.5 Å². The van der Waals surface area contributed by atoms with Gasteiger partial charge in [0.1, 0.15) is 5.82 Å². The Labute approximate surface area is 116 Å². The van der Waals surface area contributed by atoms with Crippen molar-refractivity contribution in [3.05, 3.63) is 29.6 Å². The molecule has 0 radical (unpaired) electrons. The van der Waals surface area contributed by atoms with Gasteiger partial charge in [0, 0.05) is 6.04 Å². The molecule has 1 aliphatic carbocycles. The number of aliphatic carboxylic acids is 1. The summed E-state index contributed by atoms with van der Waals surface area (Å²) in [6.45, 7) is 1.54. The Kier molecular flexibility index (Phi) is 4.10. The van der Waals surface area contributed by atoms with E-state index in [4.69, 9.17) is 5.11 Å². The van der Waals surface area contributed by atoms with Crippen LogP contribution in [0.15, 0.2) is 23.1 Å². The van der Waals surface area contributed by atoms with Gasteiger partial charge in [-0.2, -0.15) is 0 Å². The van der Waals surface area contributed by atoms with Crippen LogP contribution < -0.4 is 4.72 Å². The molecule has 20 heavy (non-hydrogen) atoms. The van der Waals surface area contributed by atoms with Crippen molar-refractivity contribution < 1.29 is 22.7 Å². The minimum atomic E-state index is -3.90. The molecule has 1 aromatic carbocycles. The summed E-state index contributed by atoms with van der Waals surface area (Å²) >= 11 is 0. The van der Waals surface area contributed by atoms with Gasteiger partial charge in [0.05, 0.1) is 11.3 Å². The van der Waals surface area contributed by atoms with Gasteiger partial charge >= 0.3 is 5.97 Å². The molecule has 0 heterocycles. The number of rotatable bonds is 6. The summed E-state index contributed by atoms with van der Waals surface area (Å²) in [5, 5.41) is 8.81. The van der Waals surface area contributed by atoms with Crippen LogP contribution in [0, 0.1) is 18.7 Å². The number of sulfonamides is 1. The second-order valence-electron chi connectivity index (χ2n) is 5.07. The Morgan fingerprint density at radius 2 is 2.15 bits per heavy atom. The van der Waals surface area contributed by atoms with Crippen LogP contribution in [0.25, 0.3) is 0 Å². The van der Waals surface area contributed by atoms with E-state index < -0.39 is 27.9 Å². The number of benzene rings is 1. The van der Waals surface area contributed by atoms with Crippen molar-refractivity contribution in [3.63, 3.8) is 0 Å². The Morgan fingerprint density at radius 3 is 2.65 bits per heavy atom. The quantitative estimate of drug-likeness (QED) is 0.837. The highest BCUT2D eigenvalue weighted by molar-refractivity contribution is 7.89. The highest BCUT2D eigenvalue weighted by Gasteiger charge is 2.35. The van der Waals surface area contributed by atoms with Gasteiger partial charge in [0.15, 0.2) is 0 Å². The molecule has 1 aromatic rings. The van der Waals surface area contributed by atoms with E-state index in [9.17, 15) is 17.6 Å². The Balaban J connectivity index is 2.20. The summed E-state index contributed by atoms with van der Waals surface area (Å²) in [6.07, 6.45) is 1.35. The van der Waals surface area contributed by atoms with Crippen LogP contribution in [0.4, 0.5) is 4.39 Å². The first-order chi connectivity index (χ1) is 9.29. The normalized spacial score (nSPS) is 16.9. The van der Waals surface area contributed by atoms with Crippen molar-refractivity contribution in [2.24, 2.45) is 5.92 Å². The SMILES string of the molecule is Cc1ccc(S(=O)(=O)NC(CC(=O)O)C2CC2)cc1F. The largest absolute Gasteiger partial charge is 0.481 e. The Bertz CT molecular complexity index is 625. The number of carboxylic acid groups (broad SMARTS) is 1. The fraction of sp³-hybridized carbons (Fsp3) is 0.462. The van der Waals surface area contributed by atoms with Crippen molar-refractivity contribution in [1.82, 2.24) is 4.72 Å². The molecule has 0 aliphatic heterocycles. The predicted octanol–water partition coefficient (Wildman–Crippen LogP) is 1.67. The second-order valence-corrected chi connectivity index (χ2v) is 6.79. The predicted molar refractivity (Wildman–Crippen MR) is 70.2 cm³/mol. The van der Waals surface area contributed by atoms with E-state index >= 15 is 0 Å². The Hall–Kier alpha value is -1.47. The van der Waals surface area contributed by atoms with Gasteiger partial charge < -0.3 is 5.11 Å². The van der Waals surface area contributed by atoms with Crippen molar-refractivity contribution in [1.29, 1.82) is 0 Å². The van der Waals surface area contributed by atoms with E-state index in [0.717, 1.165) is 18.9 Å². The van der Waals surface area contributed by atoms with Gasteiger partial charge in [0.2, 0.25) is 10.0 Å². The van der Waals surface area contributed by atoms with Gasteiger partial charge in [0.25, 0.3) is 0 Å². The minimum Gasteiger partial charge on any atom is -0.481 e. The minimum absolute atomic E-state index is 0.0520. The molecule has 2 N–H and O–H groups in total. The van der Waals surface area contributed by atoms with E-state index in [1.165, 1.54) is 19.1 Å². The lowest BCUT2D eigenvalue weighted by Gasteiger charge is -2.16. The lowest BCUT2D eigenvalue weighted by atomic mass is 10.1. The number of hydrogen-bond acceptors (Lipinski definition) is 3. The summed E-state index contributed by atoms with van der Waals surface area (Å²) < 4.78 is 40.1. The summed E-state index contributed by atoms with van der Waals surface area (Å²) in [7, 11) is -3.90. The average molecular weight is 301 g/mol. The third-order valence-electron chi connectivity index (χ3n) is 3.35. The highest BCUT2D eigenvalue weighted by atomic mass is 32.2. The number of carboxylic acids is 1. The molecular formula is C13H16FNO4S. The number of halogens is 1. The van der Waals surface area contributed by atoms with E-state index in [1.54, 1.807) is 0 Å². The zero-order chi connectivity index (χ0) is 14.9.